The van der Waals surface area contributed by atoms with Gasteiger partial charge in [-0.1, -0.05) is 36.4 Å². The van der Waals surface area contributed by atoms with Crippen LogP contribution in [0.25, 0.3) is 0 Å². The van der Waals surface area contributed by atoms with Crippen LogP contribution in [0, 0.1) is 0 Å². The van der Waals surface area contributed by atoms with Crippen LogP contribution in [0.1, 0.15) is 23.6 Å². The van der Waals surface area contributed by atoms with Crippen LogP contribution in [0.4, 0.5) is 5.69 Å². The number of anilines is 1. The van der Waals surface area contributed by atoms with E-state index in [0.717, 1.165) is 16.9 Å². The third-order valence-corrected chi connectivity index (χ3v) is 6.57. The Morgan fingerprint density at radius 2 is 1.81 bits per heavy atom. The number of ether oxygens (including phenoxy) is 3. The summed E-state index contributed by atoms with van der Waals surface area (Å²) in [6, 6.07) is 22.4. The van der Waals surface area contributed by atoms with Crippen molar-refractivity contribution < 1.29 is 23.8 Å². The van der Waals surface area contributed by atoms with E-state index in [2.05, 4.69) is 10.7 Å². The molecule has 3 aromatic carbocycles. The van der Waals surface area contributed by atoms with Gasteiger partial charge in [-0.2, -0.15) is 0 Å². The Labute approximate surface area is 214 Å². The zero-order valence-electron chi connectivity index (χ0n) is 20.0. The monoisotopic (exact) mass is 498 g/mol. The number of hydrazine groups is 1. The first-order chi connectivity index (χ1) is 18.1. The summed E-state index contributed by atoms with van der Waals surface area (Å²) in [5.41, 5.74) is 6.09. The van der Waals surface area contributed by atoms with Crippen molar-refractivity contribution in [3.8, 4) is 17.2 Å². The topological polar surface area (TPSA) is 92.4 Å². The average molecular weight is 499 g/mol. The van der Waals surface area contributed by atoms with E-state index in [-0.39, 0.29) is 31.2 Å². The van der Waals surface area contributed by atoms with Crippen LogP contribution < -0.4 is 25.0 Å². The summed E-state index contributed by atoms with van der Waals surface area (Å²) in [5.74, 6) is 1.74. The molecule has 1 fully saturated rings. The number of carbonyl (C=O) groups is 2. The maximum Gasteiger partial charge on any atom is 0.251 e. The summed E-state index contributed by atoms with van der Waals surface area (Å²) in [5, 5.41) is 4.66. The predicted octanol–water partition coefficient (Wildman–Crippen LogP) is 3.57. The van der Waals surface area contributed by atoms with Crippen molar-refractivity contribution in [2.45, 2.75) is 25.1 Å². The van der Waals surface area contributed by atoms with Crippen LogP contribution in [0.5, 0.6) is 17.2 Å². The van der Waals surface area contributed by atoms with E-state index in [0.29, 0.717) is 30.2 Å². The molecule has 0 aromatic heterocycles. The minimum Gasteiger partial charge on any atom is -0.489 e. The Morgan fingerprint density at radius 3 is 2.65 bits per heavy atom. The number of rotatable bonds is 7. The molecule has 2 atom stereocenters. The van der Waals surface area contributed by atoms with Gasteiger partial charge in [0.2, 0.25) is 12.7 Å². The summed E-state index contributed by atoms with van der Waals surface area (Å²) in [7, 11) is 0. The largest absolute Gasteiger partial charge is 0.489 e. The normalized spacial score (nSPS) is 19.6. The highest BCUT2D eigenvalue weighted by Gasteiger charge is 2.40. The number of hydrogen-bond donors (Lipinski definition) is 2. The smallest absolute Gasteiger partial charge is 0.251 e. The lowest BCUT2D eigenvalue weighted by molar-refractivity contribution is -0.137. The second-order valence-electron chi connectivity index (χ2n) is 9.06. The van der Waals surface area contributed by atoms with Gasteiger partial charge in [0.05, 0.1) is 6.04 Å². The molecule has 0 bridgehead atoms. The first kappa shape index (κ1) is 22.9. The second-order valence-corrected chi connectivity index (χ2v) is 9.06. The van der Waals surface area contributed by atoms with E-state index in [1.54, 1.807) is 29.5 Å². The average Bonchev–Trinajstić information content (AvgIpc) is 3.58. The van der Waals surface area contributed by atoms with E-state index in [1.165, 1.54) is 4.90 Å². The molecule has 0 aliphatic carbocycles. The first-order valence-electron chi connectivity index (χ1n) is 12.1. The summed E-state index contributed by atoms with van der Waals surface area (Å²) < 4.78 is 16.7. The van der Waals surface area contributed by atoms with Crippen molar-refractivity contribution >= 4 is 17.5 Å². The van der Waals surface area contributed by atoms with E-state index in [1.807, 2.05) is 60.7 Å². The summed E-state index contributed by atoms with van der Waals surface area (Å²) in [6.07, 6.45) is 4.00. The highest BCUT2D eigenvalue weighted by atomic mass is 16.7. The van der Waals surface area contributed by atoms with Crippen LogP contribution in [0.15, 0.2) is 85.2 Å². The number of carbonyl (C=O) groups excluding carboxylic acids is 2. The zero-order chi connectivity index (χ0) is 25.2. The van der Waals surface area contributed by atoms with E-state index < -0.39 is 6.04 Å². The fraction of sp³-hybridized carbons (Fsp3) is 0.214. The molecule has 37 heavy (non-hydrogen) atoms. The molecule has 3 heterocycles. The molecule has 2 N–H and O–H groups in total. The van der Waals surface area contributed by atoms with Crippen molar-refractivity contribution in [1.82, 2.24) is 15.3 Å². The van der Waals surface area contributed by atoms with Gasteiger partial charge >= 0.3 is 0 Å². The summed E-state index contributed by atoms with van der Waals surface area (Å²) in [6.45, 7) is 0.620. The Bertz CT molecular complexity index is 1330. The Kier molecular flexibility index (Phi) is 6.11. The number of nitrogens with one attached hydrogen (secondary N) is 2. The van der Waals surface area contributed by atoms with Gasteiger partial charge in [-0.25, -0.2) is 5.43 Å². The molecule has 188 valence electrons. The van der Waals surface area contributed by atoms with Crippen LogP contribution in [-0.2, 0) is 16.2 Å². The maximum absolute atomic E-state index is 13.1. The van der Waals surface area contributed by atoms with Crippen molar-refractivity contribution in [1.29, 1.82) is 0 Å². The molecule has 1 saturated heterocycles. The van der Waals surface area contributed by atoms with Gasteiger partial charge < -0.3 is 29.4 Å². The Balaban J connectivity index is 1.02. The SMILES string of the molecule is O=C(CN1C=CN2NC(c3ccc4c(c3)OCO4)CC2C1=O)Nc1ccc(OCc2ccccc2)cc1. The molecular formula is C28H26N4O5. The molecule has 3 aromatic rings. The molecule has 9 heteroatoms. The number of hydrogen-bond acceptors (Lipinski definition) is 7. The number of amides is 2. The van der Waals surface area contributed by atoms with E-state index in [4.69, 9.17) is 14.2 Å². The molecule has 0 spiro atoms. The van der Waals surface area contributed by atoms with E-state index >= 15 is 0 Å². The van der Waals surface area contributed by atoms with Crippen LogP contribution >= 0.6 is 0 Å². The molecule has 3 aliphatic heterocycles. The third kappa shape index (κ3) is 4.94. The van der Waals surface area contributed by atoms with Gasteiger partial charge in [-0.05, 0) is 53.9 Å². The quantitative estimate of drug-likeness (QED) is 0.515. The number of nitrogens with zero attached hydrogens (tertiary/aromatic N) is 2. The third-order valence-electron chi connectivity index (χ3n) is 6.57. The number of fused-ring (bicyclic) bond motifs is 2. The Morgan fingerprint density at radius 1 is 1.00 bits per heavy atom. The van der Waals surface area contributed by atoms with Gasteiger partial charge in [0.25, 0.3) is 5.91 Å². The first-order valence-corrected chi connectivity index (χ1v) is 12.1. The van der Waals surface area contributed by atoms with Gasteiger partial charge in [0, 0.05) is 18.1 Å². The fourth-order valence-corrected chi connectivity index (χ4v) is 4.65. The lowest BCUT2D eigenvalue weighted by atomic mass is 10.0. The predicted molar refractivity (Wildman–Crippen MR) is 135 cm³/mol. The minimum absolute atomic E-state index is 0.0514. The molecule has 2 amide bonds. The van der Waals surface area contributed by atoms with Crippen LogP contribution in [-0.4, -0.2) is 41.1 Å². The second kappa shape index (κ2) is 9.87. The maximum atomic E-state index is 13.1. The van der Waals surface area contributed by atoms with Gasteiger partial charge in [0.15, 0.2) is 11.5 Å². The van der Waals surface area contributed by atoms with Crippen molar-refractivity contribution in [2.24, 2.45) is 0 Å². The van der Waals surface area contributed by atoms with Crippen molar-refractivity contribution in [2.75, 3.05) is 18.7 Å². The summed E-state index contributed by atoms with van der Waals surface area (Å²) in [4.78, 5) is 27.3. The van der Waals surface area contributed by atoms with Gasteiger partial charge in [-0.3, -0.25) is 9.59 Å². The summed E-state index contributed by atoms with van der Waals surface area (Å²) >= 11 is 0. The molecule has 0 radical (unpaired) electrons. The van der Waals surface area contributed by atoms with Gasteiger partial charge in [0.1, 0.15) is 24.9 Å². The van der Waals surface area contributed by atoms with Crippen LogP contribution in [0.3, 0.4) is 0 Å². The molecule has 3 aliphatic rings. The fourth-order valence-electron chi connectivity index (χ4n) is 4.65. The highest BCUT2D eigenvalue weighted by molar-refractivity contribution is 5.96. The highest BCUT2D eigenvalue weighted by Crippen LogP contribution is 2.37. The van der Waals surface area contributed by atoms with Crippen molar-refractivity contribution in [3.05, 3.63) is 96.3 Å². The lowest BCUT2D eigenvalue weighted by Gasteiger charge is -2.31. The molecule has 6 rings (SSSR count). The van der Waals surface area contributed by atoms with Gasteiger partial charge in [-0.15, -0.1) is 0 Å². The molecule has 9 nitrogen and oxygen atoms in total. The lowest BCUT2D eigenvalue weighted by Crippen LogP contribution is -2.49. The minimum atomic E-state index is -0.394. The van der Waals surface area contributed by atoms with Crippen molar-refractivity contribution in [3.63, 3.8) is 0 Å². The number of benzene rings is 3. The zero-order valence-corrected chi connectivity index (χ0v) is 20.0. The van der Waals surface area contributed by atoms with Crippen LogP contribution in [0.2, 0.25) is 0 Å². The van der Waals surface area contributed by atoms with E-state index in [9.17, 15) is 9.59 Å². The Hall–Kier alpha value is -4.50. The molecule has 2 unspecified atom stereocenters. The molecule has 0 saturated carbocycles. The molecular weight excluding hydrogens is 472 g/mol. The standard InChI is InChI=1S/C28H26N4O5/c33-27(29-21-7-9-22(10-8-21)35-17-19-4-2-1-3-5-19)16-31-12-13-32-24(28(31)34)15-23(30-32)20-6-11-25-26(14-20)37-18-36-25/h1-14,23-24,30H,15-18H2,(H,29,33).